The van der Waals surface area contributed by atoms with Gasteiger partial charge >= 0.3 is 0 Å². The molecule has 0 aliphatic heterocycles. The van der Waals surface area contributed by atoms with E-state index >= 15 is 0 Å². The zero-order valence-corrected chi connectivity index (χ0v) is 10.1. The summed E-state index contributed by atoms with van der Waals surface area (Å²) < 4.78 is 26.8. The Labute approximate surface area is 100 Å². The topological polar surface area (TPSA) is 29.1 Å². The maximum Gasteiger partial charge on any atom is 0.217 e. The first-order valence-electron chi connectivity index (χ1n) is 4.57. The minimum atomic E-state index is -0.654. The van der Waals surface area contributed by atoms with Gasteiger partial charge < -0.3 is 5.32 Å². The molecule has 0 unspecified atom stereocenters. The van der Waals surface area contributed by atoms with Gasteiger partial charge in [0.25, 0.3) is 0 Å². The molecule has 1 rings (SSSR count). The molecule has 0 bridgehead atoms. The molecule has 0 heterocycles. The molecule has 2 nitrogen and oxygen atoms in total. The summed E-state index contributed by atoms with van der Waals surface area (Å²) in [6.45, 7) is 1.61. The van der Waals surface area contributed by atoms with E-state index in [1.54, 1.807) is 0 Å². The molecule has 0 saturated carbocycles. The van der Waals surface area contributed by atoms with Crippen LogP contribution in [0, 0.1) is 11.6 Å². The Morgan fingerprint density at radius 3 is 2.81 bits per heavy atom. The fraction of sp³-hybridized carbons (Fsp3) is 0.182. The molecule has 1 amide bonds. The van der Waals surface area contributed by atoms with Crippen LogP contribution in [0.25, 0.3) is 6.08 Å². The van der Waals surface area contributed by atoms with Gasteiger partial charge in [0.05, 0.1) is 4.47 Å². The van der Waals surface area contributed by atoms with Crippen molar-refractivity contribution in [3.05, 3.63) is 39.9 Å². The fourth-order valence-corrected chi connectivity index (χ4v) is 1.42. The summed E-state index contributed by atoms with van der Waals surface area (Å²) >= 11 is 2.97. The standard InChI is InChI=1S/C11H10BrF2NO/c1-7(16)15-6-2-3-8-10(13)5-4-9(12)11(8)14/h2-5H,6H2,1H3,(H,15,16). The van der Waals surface area contributed by atoms with E-state index in [0.717, 1.165) is 0 Å². The molecule has 0 aliphatic carbocycles. The number of amides is 1. The number of carbonyl (C=O) groups is 1. The lowest BCUT2D eigenvalue weighted by molar-refractivity contribution is -0.118. The number of hydrogen-bond donors (Lipinski definition) is 1. The summed E-state index contributed by atoms with van der Waals surface area (Å²) in [7, 11) is 0. The quantitative estimate of drug-likeness (QED) is 0.852. The van der Waals surface area contributed by atoms with Crippen molar-refractivity contribution in [2.75, 3.05) is 6.54 Å². The molecule has 5 heteroatoms. The maximum absolute atomic E-state index is 13.4. The fourth-order valence-electron chi connectivity index (χ4n) is 1.07. The average Bonchev–Trinajstić information content (AvgIpc) is 2.22. The van der Waals surface area contributed by atoms with Crippen molar-refractivity contribution < 1.29 is 13.6 Å². The molecule has 0 aromatic heterocycles. The Balaban J connectivity index is 2.80. The zero-order valence-electron chi connectivity index (χ0n) is 8.56. The van der Waals surface area contributed by atoms with Gasteiger partial charge in [-0.3, -0.25) is 4.79 Å². The first-order chi connectivity index (χ1) is 7.52. The molecule has 0 saturated heterocycles. The third-order valence-electron chi connectivity index (χ3n) is 1.83. The first kappa shape index (κ1) is 12.8. The first-order valence-corrected chi connectivity index (χ1v) is 5.36. The lowest BCUT2D eigenvalue weighted by Gasteiger charge is -2.01. The van der Waals surface area contributed by atoms with E-state index in [-0.39, 0.29) is 22.5 Å². The minimum absolute atomic E-state index is 0.125. The predicted octanol–water partition coefficient (Wildman–Crippen LogP) is 2.88. The highest BCUT2D eigenvalue weighted by Gasteiger charge is 2.08. The lowest BCUT2D eigenvalue weighted by atomic mass is 10.2. The van der Waals surface area contributed by atoms with Gasteiger partial charge in [0, 0.05) is 19.0 Å². The zero-order chi connectivity index (χ0) is 12.1. The predicted molar refractivity (Wildman–Crippen MR) is 61.8 cm³/mol. The smallest absolute Gasteiger partial charge is 0.217 e. The molecule has 1 aromatic rings. The van der Waals surface area contributed by atoms with Crippen molar-refractivity contribution in [3.63, 3.8) is 0 Å². The van der Waals surface area contributed by atoms with E-state index in [1.165, 1.54) is 31.2 Å². The number of benzene rings is 1. The number of rotatable bonds is 3. The van der Waals surface area contributed by atoms with Crippen molar-refractivity contribution in [3.8, 4) is 0 Å². The number of hydrogen-bond acceptors (Lipinski definition) is 1. The highest BCUT2D eigenvalue weighted by Crippen LogP contribution is 2.22. The Hall–Kier alpha value is -1.23. The van der Waals surface area contributed by atoms with Gasteiger partial charge in [-0.15, -0.1) is 0 Å². The Morgan fingerprint density at radius 2 is 2.19 bits per heavy atom. The molecule has 0 atom stereocenters. The van der Waals surface area contributed by atoms with E-state index in [0.29, 0.717) is 0 Å². The van der Waals surface area contributed by atoms with Gasteiger partial charge in [-0.05, 0) is 28.1 Å². The van der Waals surface area contributed by atoms with E-state index in [4.69, 9.17) is 0 Å². The Bertz CT molecular complexity index is 432. The third kappa shape index (κ3) is 3.41. The van der Waals surface area contributed by atoms with Crippen molar-refractivity contribution >= 4 is 27.9 Å². The van der Waals surface area contributed by atoms with Crippen LogP contribution in [0.2, 0.25) is 0 Å². The number of nitrogens with one attached hydrogen (secondary N) is 1. The SMILES string of the molecule is CC(=O)NCC=Cc1c(F)ccc(Br)c1F. The van der Waals surface area contributed by atoms with Gasteiger partial charge in [-0.2, -0.15) is 0 Å². The molecule has 1 aromatic carbocycles. The second kappa shape index (κ2) is 5.75. The average molecular weight is 290 g/mol. The molecule has 0 aliphatic rings. The number of carbonyl (C=O) groups excluding carboxylic acids is 1. The van der Waals surface area contributed by atoms with Crippen LogP contribution in [0.5, 0.6) is 0 Å². The van der Waals surface area contributed by atoms with Crippen LogP contribution in [0.4, 0.5) is 8.78 Å². The summed E-state index contributed by atoms with van der Waals surface area (Å²) in [6, 6.07) is 2.47. The second-order valence-corrected chi connectivity index (χ2v) is 3.95. The van der Waals surface area contributed by atoms with E-state index < -0.39 is 11.6 Å². The van der Waals surface area contributed by atoms with Crippen LogP contribution in [0.15, 0.2) is 22.7 Å². The molecule has 0 fully saturated rings. The Kier molecular flexibility index (Phi) is 4.61. The van der Waals surface area contributed by atoms with Gasteiger partial charge in [0.1, 0.15) is 11.6 Å². The normalized spacial score (nSPS) is 10.8. The molecular formula is C11H10BrF2NO. The van der Waals surface area contributed by atoms with Crippen molar-refractivity contribution in [1.29, 1.82) is 0 Å². The van der Waals surface area contributed by atoms with Crippen molar-refractivity contribution in [2.24, 2.45) is 0 Å². The largest absolute Gasteiger partial charge is 0.353 e. The van der Waals surface area contributed by atoms with Gasteiger partial charge in [-0.25, -0.2) is 8.78 Å². The molecule has 0 spiro atoms. The molecule has 1 N–H and O–H groups in total. The number of halogens is 3. The van der Waals surface area contributed by atoms with Crippen LogP contribution in [0.3, 0.4) is 0 Å². The monoisotopic (exact) mass is 289 g/mol. The van der Waals surface area contributed by atoms with Gasteiger partial charge in [-0.1, -0.05) is 12.2 Å². The van der Waals surface area contributed by atoms with E-state index in [2.05, 4.69) is 21.2 Å². The molecule has 16 heavy (non-hydrogen) atoms. The van der Waals surface area contributed by atoms with Crippen LogP contribution >= 0.6 is 15.9 Å². The third-order valence-corrected chi connectivity index (χ3v) is 2.45. The highest BCUT2D eigenvalue weighted by atomic mass is 79.9. The Morgan fingerprint density at radius 1 is 1.50 bits per heavy atom. The van der Waals surface area contributed by atoms with Crippen LogP contribution in [-0.2, 0) is 4.79 Å². The molecular weight excluding hydrogens is 280 g/mol. The molecule has 86 valence electrons. The second-order valence-electron chi connectivity index (χ2n) is 3.10. The minimum Gasteiger partial charge on any atom is -0.353 e. The van der Waals surface area contributed by atoms with Crippen LogP contribution in [-0.4, -0.2) is 12.5 Å². The van der Waals surface area contributed by atoms with Crippen LogP contribution in [0.1, 0.15) is 12.5 Å². The highest BCUT2D eigenvalue weighted by molar-refractivity contribution is 9.10. The summed E-state index contributed by atoms with van der Waals surface area (Å²) in [5.74, 6) is -1.49. The maximum atomic E-state index is 13.4. The van der Waals surface area contributed by atoms with Gasteiger partial charge in [0.2, 0.25) is 5.91 Å². The van der Waals surface area contributed by atoms with E-state index in [1.807, 2.05) is 0 Å². The lowest BCUT2D eigenvalue weighted by Crippen LogP contribution is -2.19. The van der Waals surface area contributed by atoms with Crippen LogP contribution < -0.4 is 5.32 Å². The molecule has 0 radical (unpaired) electrons. The van der Waals surface area contributed by atoms with E-state index in [9.17, 15) is 13.6 Å². The van der Waals surface area contributed by atoms with Gasteiger partial charge in [0.15, 0.2) is 0 Å². The van der Waals surface area contributed by atoms with Crippen molar-refractivity contribution in [1.82, 2.24) is 5.32 Å². The summed E-state index contributed by atoms with van der Waals surface area (Å²) in [5.41, 5.74) is -0.125. The summed E-state index contributed by atoms with van der Waals surface area (Å²) in [6.07, 6.45) is 2.78. The van der Waals surface area contributed by atoms with Crippen molar-refractivity contribution in [2.45, 2.75) is 6.92 Å². The summed E-state index contributed by atoms with van der Waals surface area (Å²) in [5, 5.41) is 2.49. The summed E-state index contributed by atoms with van der Waals surface area (Å²) in [4.78, 5) is 10.5.